The lowest BCUT2D eigenvalue weighted by atomic mass is 9.91. The van der Waals surface area contributed by atoms with Crippen LogP contribution in [0.25, 0.3) is 21.5 Å². The monoisotopic (exact) mass is 578 g/mol. The van der Waals surface area contributed by atoms with E-state index in [0.29, 0.717) is 40.9 Å². The Morgan fingerprint density at radius 1 is 0.548 bits per heavy atom. The molecule has 0 aliphatic rings. The number of hydrogen-bond donors (Lipinski definition) is 0. The molecule has 6 heteroatoms. The van der Waals surface area contributed by atoms with Crippen molar-refractivity contribution in [3.63, 3.8) is 0 Å². The number of carbonyl (C=O) groups is 2. The highest BCUT2D eigenvalue weighted by atomic mass is 16.7. The molecule has 0 N–H and O–H groups in total. The zero-order valence-corrected chi connectivity index (χ0v) is 26.2. The van der Waals surface area contributed by atoms with E-state index in [1.807, 2.05) is 30.3 Å². The van der Waals surface area contributed by atoms with Crippen molar-refractivity contribution < 1.29 is 28.5 Å². The van der Waals surface area contributed by atoms with Crippen LogP contribution in [-0.2, 0) is 22.3 Å². The fourth-order valence-corrected chi connectivity index (χ4v) is 5.55. The van der Waals surface area contributed by atoms with Crippen LogP contribution in [0.3, 0.4) is 0 Å². The fourth-order valence-electron chi connectivity index (χ4n) is 5.55. The number of ether oxygens (including phenoxy) is 4. The minimum absolute atomic E-state index is 0.326. The molecular weight excluding hydrogens is 528 g/mol. The largest absolute Gasteiger partial charge is 0.513 e. The van der Waals surface area contributed by atoms with Crippen LogP contribution in [0.2, 0.25) is 0 Å². The van der Waals surface area contributed by atoms with Gasteiger partial charge in [0.15, 0.2) is 5.75 Å². The third-order valence-electron chi connectivity index (χ3n) is 7.84. The lowest BCUT2D eigenvalue weighted by Gasteiger charge is -2.19. The summed E-state index contributed by atoms with van der Waals surface area (Å²) in [6.45, 7) is 9.23. The van der Waals surface area contributed by atoms with E-state index in [2.05, 4.69) is 33.8 Å². The van der Waals surface area contributed by atoms with Crippen molar-refractivity contribution in [2.45, 2.75) is 118 Å². The molecule has 0 radical (unpaired) electrons. The average Bonchev–Trinajstić information content (AvgIpc) is 3.00. The highest BCUT2D eigenvalue weighted by molar-refractivity contribution is 6.13. The van der Waals surface area contributed by atoms with Gasteiger partial charge in [0.05, 0.1) is 13.2 Å². The summed E-state index contributed by atoms with van der Waals surface area (Å²) in [5, 5.41) is 2.83. The van der Waals surface area contributed by atoms with Gasteiger partial charge in [0.25, 0.3) is 0 Å². The van der Waals surface area contributed by atoms with Crippen molar-refractivity contribution in [1.29, 1.82) is 0 Å². The van der Waals surface area contributed by atoms with Gasteiger partial charge in [0, 0.05) is 21.5 Å². The number of fused-ring (bicyclic) bond motifs is 2. The second kappa shape index (κ2) is 18.3. The molecule has 3 aromatic carbocycles. The lowest BCUT2D eigenvalue weighted by Crippen LogP contribution is -2.14. The Labute approximate surface area is 252 Å². The molecule has 3 aromatic rings. The van der Waals surface area contributed by atoms with E-state index < -0.39 is 12.3 Å². The van der Waals surface area contributed by atoms with Gasteiger partial charge in [-0.05, 0) is 36.8 Å². The van der Waals surface area contributed by atoms with Gasteiger partial charge in [-0.2, -0.15) is 0 Å². The summed E-state index contributed by atoms with van der Waals surface area (Å²) in [4.78, 5) is 25.8. The number of aryl methyl sites for hydroxylation is 2. The van der Waals surface area contributed by atoms with E-state index >= 15 is 0 Å². The zero-order valence-electron chi connectivity index (χ0n) is 26.2. The first-order chi connectivity index (χ1) is 20.5. The predicted octanol–water partition coefficient (Wildman–Crippen LogP) is 10.9. The van der Waals surface area contributed by atoms with Crippen molar-refractivity contribution >= 4 is 33.9 Å². The van der Waals surface area contributed by atoms with Crippen molar-refractivity contribution in [1.82, 2.24) is 0 Å². The molecule has 0 heterocycles. The molecule has 0 amide bonds. The molecule has 0 unspecified atom stereocenters. The first-order valence-corrected chi connectivity index (χ1v) is 16.2. The van der Waals surface area contributed by atoms with Crippen LogP contribution in [0.4, 0.5) is 9.59 Å². The molecule has 0 aliphatic heterocycles. The second-order valence-corrected chi connectivity index (χ2v) is 11.0. The molecular formula is C36H50O6. The van der Waals surface area contributed by atoms with E-state index in [1.165, 1.54) is 38.5 Å². The summed E-state index contributed by atoms with van der Waals surface area (Å²) in [5.41, 5.74) is 2.21. The Morgan fingerprint density at radius 3 is 1.57 bits per heavy atom. The molecule has 0 saturated heterocycles. The van der Waals surface area contributed by atoms with E-state index in [0.717, 1.165) is 67.9 Å². The van der Waals surface area contributed by atoms with Crippen LogP contribution in [0.5, 0.6) is 11.5 Å². The van der Waals surface area contributed by atoms with Gasteiger partial charge in [0.1, 0.15) is 5.75 Å². The van der Waals surface area contributed by atoms with Gasteiger partial charge in [-0.15, -0.1) is 0 Å². The number of rotatable bonds is 18. The molecule has 0 bridgehead atoms. The second-order valence-electron chi connectivity index (χ2n) is 11.0. The van der Waals surface area contributed by atoms with E-state index in [4.69, 9.17) is 18.9 Å². The number of benzene rings is 3. The average molecular weight is 579 g/mol. The summed E-state index contributed by atoms with van der Waals surface area (Å²) < 4.78 is 22.8. The predicted molar refractivity (Wildman–Crippen MR) is 171 cm³/mol. The molecule has 0 fully saturated rings. The highest BCUT2D eigenvalue weighted by Crippen LogP contribution is 2.45. The normalized spacial score (nSPS) is 11.1. The number of carbonyl (C=O) groups excluding carboxylic acids is 2. The molecule has 0 atom stereocenters. The van der Waals surface area contributed by atoms with Crippen molar-refractivity contribution in [2.75, 3.05) is 13.2 Å². The first kappa shape index (κ1) is 33.2. The molecule has 3 rings (SSSR count). The summed E-state index contributed by atoms with van der Waals surface area (Å²) in [6, 6.07) is 11.5. The summed E-state index contributed by atoms with van der Waals surface area (Å²) >= 11 is 0. The van der Waals surface area contributed by atoms with Gasteiger partial charge in [-0.1, -0.05) is 128 Å². The van der Waals surface area contributed by atoms with Gasteiger partial charge in [-0.25, -0.2) is 9.59 Å². The van der Waals surface area contributed by atoms with Crippen LogP contribution >= 0.6 is 0 Å². The maximum absolute atomic E-state index is 12.9. The minimum Gasteiger partial charge on any atom is -0.434 e. The van der Waals surface area contributed by atoms with E-state index in [-0.39, 0.29) is 0 Å². The van der Waals surface area contributed by atoms with Gasteiger partial charge < -0.3 is 18.9 Å². The van der Waals surface area contributed by atoms with Crippen LogP contribution in [0.1, 0.15) is 116 Å². The molecule has 42 heavy (non-hydrogen) atoms. The topological polar surface area (TPSA) is 71.1 Å². The fraction of sp³-hybridized carbons (Fsp3) is 0.556. The van der Waals surface area contributed by atoms with E-state index in [9.17, 15) is 9.59 Å². The van der Waals surface area contributed by atoms with Crippen molar-refractivity contribution in [3.05, 3.63) is 47.5 Å². The Hall–Kier alpha value is -3.28. The van der Waals surface area contributed by atoms with Gasteiger partial charge in [-0.3, -0.25) is 0 Å². The lowest BCUT2D eigenvalue weighted by molar-refractivity contribution is 0.0965. The standard InChI is InChI=1S/C36H50O6/c1-5-9-11-13-15-19-25-39-35(37)41-33-29-21-17-18-22-30(29)34(32-28(8-4)27(7-3)23-24-31(32)33)42-36(38)40-26-20-16-14-12-10-6-2/h17-18,21-24H,5-16,19-20,25-26H2,1-4H3. The molecule has 6 nitrogen and oxygen atoms in total. The molecule has 0 spiro atoms. The smallest absolute Gasteiger partial charge is 0.434 e. The molecule has 0 aromatic heterocycles. The molecule has 0 saturated carbocycles. The van der Waals surface area contributed by atoms with Crippen LogP contribution in [-0.4, -0.2) is 25.5 Å². The number of unbranched alkanes of at least 4 members (excludes halogenated alkanes) is 10. The molecule has 230 valence electrons. The number of hydrogen-bond acceptors (Lipinski definition) is 6. The Kier molecular flexibility index (Phi) is 14.5. The van der Waals surface area contributed by atoms with Crippen LogP contribution in [0.15, 0.2) is 36.4 Å². The maximum atomic E-state index is 12.9. The van der Waals surface area contributed by atoms with Gasteiger partial charge >= 0.3 is 12.3 Å². The summed E-state index contributed by atoms with van der Waals surface area (Å²) in [5.74, 6) is 0.854. The summed E-state index contributed by atoms with van der Waals surface area (Å²) in [6.07, 6.45) is 13.4. The van der Waals surface area contributed by atoms with Crippen molar-refractivity contribution in [2.24, 2.45) is 0 Å². The van der Waals surface area contributed by atoms with Crippen LogP contribution < -0.4 is 9.47 Å². The maximum Gasteiger partial charge on any atom is 0.513 e. The Morgan fingerprint density at radius 2 is 1.05 bits per heavy atom. The molecule has 0 aliphatic carbocycles. The SMILES string of the molecule is CCCCCCCCOC(=O)Oc1c2ccccc2c(OC(=O)OCCCCCCCC)c2c(CC)c(CC)ccc12. The third kappa shape index (κ3) is 9.37. The zero-order chi connectivity index (χ0) is 30.2. The summed E-state index contributed by atoms with van der Waals surface area (Å²) in [7, 11) is 0. The van der Waals surface area contributed by atoms with Gasteiger partial charge in [0.2, 0.25) is 0 Å². The van der Waals surface area contributed by atoms with Crippen molar-refractivity contribution in [3.8, 4) is 11.5 Å². The van der Waals surface area contributed by atoms with Crippen LogP contribution in [0, 0.1) is 0 Å². The quantitative estimate of drug-likeness (QED) is 0.0647. The Balaban J connectivity index is 1.87. The Bertz CT molecular complexity index is 1280. The third-order valence-corrected chi connectivity index (χ3v) is 7.84. The minimum atomic E-state index is -0.723. The highest BCUT2D eigenvalue weighted by Gasteiger charge is 2.24. The van der Waals surface area contributed by atoms with E-state index in [1.54, 1.807) is 0 Å². The first-order valence-electron chi connectivity index (χ1n) is 16.2.